The van der Waals surface area contributed by atoms with Gasteiger partial charge < -0.3 is 11.1 Å². The molecule has 3 N–H and O–H groups in total. The Hall–Kier alpha value is -1.00. The Morgan fingerprint density at radius 3 is 2.53 bits per heavy atom. The monoisotopic (exact) mass is 240 g/mol. The minimum Gasteiger partial charge on any atom is -0.324 e. The van der Waals surface area contributed by atoms with Crippen molar-refractivity contribution in [2.45, 2.75) is 25.8 Å². The predicted molar refractivity (Wildman–Crippen MR) is 63.6 cm³/mol. The first-order valence-corrected chi connectivity index (χ1v) is 6.02. The van der Waals surface area contributed by atoms with E-state index in [1.165, 1.54) is 0 Å². The van der Waals surface area contributed by atoms with Gasteiger partial charge in [0.25, 0.3) is 0 Å². The van der Waals surface area contributed by atoms with Crippen molar-refractivity contribution in [2.75, 3.05) is 13.1 Å². The summed E-state index contributed by atoms with van der Waals surface area (Å²) in [6, 6.07) is 2.79. The maximum atomic E-state index is 13.8. The Labute approximate surface area is 100 Å². The Kier molecular flexibility index (Phi) is 3.74. The van der Waals surface area contributed by atoms with Crippen molar-refractivity contribution in [1.29, 1.82) is 0 Å². The molecule has 0 aromatic heterocycles. The summed E-state index contributed by atoms with van der Waals surface area (Å²) >= 11 is 0. The smallest absolute Gasteiger partial charge is 0.163 e. The minimum absolute atomic E-state index is 0.229. The highest BCUT2D eigenvalue weighted by molar-refractivity contribution is 5.28. The number of rotatable bonds is 2. The molecule has 0 amide bonds. The Balaban J connectivity index is 2.24. The zero-order valence-electron chi connectivity index (χ0n) is 9.97. The topological polar surface area (TPSA) is 38.0 Å². The molecule has 0 aliphatic carbocycles. The van der Waals surface area contributed by atoms with E-state index in [2.05, 4.69) is 5.32 Å². The van der Waals surface area contributed by atoms with Crippen LogP contribution in [0.1, 0.15) is 30.0 Å². The Bertz CT molecular complexity index is 401. The van der Waals surface area contributed by atoms with E-state index in [0.29, 0.717) is 11.1 Å². The normalized spacial score (nSPS) is 19.3. The van der Waals surface area contributed by atoms with Gasteiger partial charge in [-0.1, -0.05) is 12.1 Å². The number of piperidine rings is 1. The zero-order valence-corrected chi connectivity index (χ0v) is 9.97. The van der Waals surface area contributed by atoms with Crippen molar-refractivity contribution < 1.29 is 8.78 Å². The molecule has 1 aromatic carbocycles. The number of benzene rings is 1. The van der Waals surface area contributed by atoms with Gasteiger partial charge in [0, 0.05) is 11.6 Å². The third-order valence-electron chi connectivity index (χ3n) is 3.56. The highest BCUT2D eigenvalue weighted by atomic mass is 19.2. The van der Waals surface area contributed by atoms with E-state index in [1.54, 1.807) is 19.1 Å². The fourth-order valence-electron chi connectivity index (χ4n) is 2.38. The fourth-order valence-corrected chi connectivity index (χ4v) is 2.38. The van der Waals surface area contributed by atoms with Crippen molar-refractivity contribution in [3.63, 3.8) is 0 Å². The van der Waals surface area contributed by atoms with Gasteiger partial charge in [0.15, 0.2) is 11.6 Å². The molecule has 0 saturated carbocycles. The first-order chi connectivity index (χ1) is 8.11. The summed E-state index contributed by atoms with van der Waals surface area (Å²) in [5.41, 5.74) is 6.68. The van der Waals surface area contributed by atoms with E-state index in [9.17, 15) is 8.78 Å². The molecule has 17 heavy (non-hydrogen) atoms. The molecule has 1 saturated heterocycles. The van der Waals surface area contributed by atoms with Crippen LogP contribution in [0.3, 0.4) is 0 Å². The van der Waals surface area contributed by atoms with Crippen molar-refractivity contribution in [3.8, 4) is 0 Å². The molecule has 0 spiro atoms. The molecule has 1 aliphatic heterocycles. The van der Waals surface area contributed by atoms with Crippen LogP contribution in [0.25, 0.3) is 0 Å². The second-order valence-corrected chi connectivity index (χ2v) is 4.71. The summed E-state index contributed by atoms with van der Waals surface area (Å²) in [7, 11) is 0. The third kappa shape index (κ3) is 2.48. The van der Waals surface area contributed by atoms with Gasteiger partial charge in [0.05, 0.1) is 0 Å². The second-order valence-electron chi connectivity index (χ2n) is 4.71. The quantitative estimate of drug-likeness (QED) is 0.832. The van der Waals surface area contributed by atoms with E-state index in [4.69, 9.17) is 5.73 Å². The SMILES string of the molecule is Cc1ccc([C@H](N)C2CCNCC2)c(F)c1F. The van der Waals surface area contributed by atoms with Crippen LogP contribution in [0.5, 0.6) is 0 Å². The maximum Gasteiger partial charge on any atom is 0.163 e. The summed E-state index contributed by atoms with van der Waals surface area (Å²) in [6.07, 6.45) is 1.83. The predicted octanol–water partition coefficient (Wildman–Crippen LogP) is 2.27. The third-order valence-corrected chi connectivity index (χ3v) is 3.56. The van der Waals surface area contributed by atoms with E-state index >= 15 is 0 Å². The van der Waals surface area contributed by atoms with Gasteiger partial charge in [0.2, 0.25) is 0 Å². The molecule has 0 unspecified atom stereocenters. The molecule has 2 nitrogen and oxygen atoms in total. The van der Waals surface area contributed by atoms with Crippen LogP contribution in [0.2, 0.25) is 0 Å². The average Bonchev–Trinajstić information content (AvgIpc) is 2.36. The van der Waals surface area contributed by atoms with Crippen LogP contribution in [-0.2, 0) is 0 Å². The van der Waals surface area contributed by atoms with Crippen LogP contribution in [0.15, 0.2) is 12.1 Å². The number of hydrogen-bond donors (Lipinski definition) is 2. The minimum atomic E-state index is -0.781. The van der Waals surface area contributed by atoms with Crippen molar-refractivity contribution in [3.05, 3.63) is 34.9 Å². The van der Waals surface area contributed by atoms with Crippen LogP contribution in [0.4, 0.5) is 8.78 Å². The highest BCUT2D eigenvalue weighted by Gasteiger charge is 2.25. The Morgan fingerprint density at radius 1 is 1.24 bits per heavy atom. The second kappa shape index (κ2) is 5.10. The number of hydrogen-bond acceptors (Lipinski definition) is 2. The first kappa shape index (κ1) is 12.5. The van der Waals surface area contributed by atoms with E-state index in [0.717, 1.165) is 25.9 Å². The van der Waals surface area contributed by atoms with Crippen LogP contribution < -0.4 is 11.1 Å². The molecule has 94 valence electrons. The summed E-state index contributed by atoms with van der Waals surface area (Å²) in [6.45, 7) is 3.35. The molecule has 4 heteroatoms. The molecule has 1 atom stereocenters. The van der Waals surface area contributed by atoms with Gasteiger partial charge >= 0.3 is 0 Å². The van der Waals surface area contributed by atoms with E-state index < -0.39 is 17.7 Å². The van der Waals surface area contributed by atoms with Gasteiger partial charge in [-0.2, -0.15) is 0 Å². The molecule has 2 rings (SSSR count). The Morgan fingerprint density at radius 2 is 1.88 bits per heavy atom. The van der Waals surface area contributed by atoms with Gasteiger partial charge in [-0.25, -0.2) is 8.78 Å². The molecule has 1 heterocycles. The number of nitrogens with two attached hydrogens (primary N) is 1. The average molecular weight is 240 g/mol. The molecule has 0 radical (unpaired) electrons. The van der Waals surface area contributed by atoms with Crippen LogP contribution >= 0.6 is 0 Å². The standard InChI is InChI=1S/C13H18F2N2/c1-8-2-3-10(12(15)11(8)14)13(16)9-4-6-17-7-5-9/h2-3,9,13,17H,4-7,16H2,1H3/t13-/m1/s1. The number of aryl methyl sites for hydroxylation is 1. The molecule has 0 bridgehead atoms. The summed E-state index contributed by atoms with van der Waals surface area (Å²) in [4.78, 5) is 0. The van der Waals surface area contributed by atoms with E-state index in [-0.39, 0.29) is 5.92 Å². The van der Waals surface area contributed by atoms with Crippen molar-refractivity contribution in [1.82, 2.24) is 5.32 Å². The summed E-state index contributed by atoms with van der Waals surface area (Å²) in [5.74, 6) is -1.32. The van der Waals surface area contributed by atoms with Gasteiger partial charge in [0.1, 0.15) is 0 Å². The van der Waals surface area contributed by atoms with Crippen LogP contribution in [0, 0.1) is 24.5 Å². The highest BCUT2D eigenvalue weighted by Crippen LogP contribution is 2.29. The summed E-state index contributed by atoms with van der Waals surface area (Å²) in [5, 5.41) is 3.23. The lowest BCUT2D eigenvalue weighted by Gasteiger charge is -2.28. The lowest BCUT2D eigenvalue weighted by Crippen LogP contribution is -2.34. The number of nitrogens with one attached hydrogen (secondary N) is 1. The van der Waals surface area contributed by atoms with Gasteiger partial charge in [-0.15, -0.1) is 0 Å². The summed E-state index contributed by atoms with van der Waals surface area (Å²) < 4.78 is 27.3. The molecule has 1 aliphatic rings. The molecule has 1 fully saturated rings. The number of halogens is 2. The zero-order chi connectivity index (χ0) is 12.4. The maximum absolute atomic E-state index is 13.8. The lowest BCUT2D eigenvalue weighted by atomic mass is 9.86. The van der Waals surface area contributed by atoms with Crippen molar-refractivity contribution in [2.24, 2.45) is 11.7 Å². The van der Waals surface area contributed by atoms with Crippen LogP contribution in [-0.4, -0.2) is 13.1 Å². The van der Waals surface area contributed by atoms with Gasteiger partial charge in [-0.3, -0.25) is 0 Å². The molecule has 1 aromatic rings. The molecular weight excluding hydrogens is 222 g/mol. The van der Waals surface area contributed by atoms with E-state index in [1.807, 2.05) is 0 Å². The molecular formula is C13H18F2N2. The largest absolute Gasteiger partial charge is 0.324 e. The van der Waals surface area contributed by atoms with Gasteiger partial charge in [-0.05, 0) is 44.3 Å². The van der Waals surface area contributed by atoms with Crippen molar-refractivity contribution >= 4 is 0 Å². The first-order valence-electron chi connectivity index (χ1n) is 6.02. The lowest BCUT2D eigenvalue weighted by molar-refractivity contribution is 0.314. The fraction of sp³-hybridized carbons (Fsp3) is 0.538.